The van der Waals surface area contributed by atoms with Gasteiger partial charge < -0.3 is 14.8 Å². The van der Waals surface area contributed by atoms with Gasteiger partial charge >= 0.3 is 0 Å². The van der Waals surface area contributed by atoms with Crippen LogP contribution in [0.4, 0.5) is 0 Å². The van der Waals surface area contributed by atoms with Gasteiger partial charge in [0.25, 0.3) is 5.91 Å². The van der Waals surface area contributed by atoms with Gasteiger partial charge in [-0.15, -0.1) is 0 Å². The highest BCUT2D eigenvalue weighted by Gasteiger charge is 2.39. The second-order valence-electron chi connectivity index (χ2n) is 4.99. The maximum absolute atomic E-state index is 12.3. The van der Waals surface area contributed by atoms with E-state index in [2.05, 4.69) is 17.5 Å². The molecule has 100 valence electrons. The van der Waals surface area contributed by atoms with Gasteiger partial charge in [0.1, 0.15) is 0 Å². The summed E-state index contributed by atoms with van der Waals surface area (Å²) in [5, 5.41) is 2.95. The van der Waals surface area contributed by atoms with Crippen molar-refractivity contribution < 1.29 is 14.3 Å². The maximum atomic E-state index is 12.3. The van der Waals surface area contributed by atoms with Crippen molar-refractivity contribution in [1.29, 1.82) is 0 Å². The third kappa shape index (κ3) is 2.17. The maximum Gasteiger partial charge on any atom is 0.252 e. The van der Waals surface area contributed by atoms with E-state index >= 15 is 0 Å². The molecule has 4 heteroatoms. The Hall–Kier alpha value is -1.65. The summed E-state index contributed by atoms with van der Waals surface area (Å²) in [5.41, 5.74) is 4.43. The molecule has 3 aliphatic carbocycles. The number of rotatable bonds is 6. The van der Waals surface area contributed by atoms with Gasteiger partial charge in [0.15, 0.2) is 0 Å². The molecule has 0 saturated heterocycles. The van der Waals surface area contributed by atoms with Gasteiger partial charge in [-0.1, -0.05) is 12.2 Å². The Morgan fingerprint density at radius 1 is 1.32 bits per heavy atom. The van der Waals surface area contributed by atoms with Gasteiger partial charge in [-0.25, -0.2) is 0 Å². The van der Waals surface area contributed by atoms with E-state index in [0.29, 0.717) is 19.1 Å². The van der Waals surface area contributed by atoms with E-state index < -0.39 is 0 Å². The molecule has 3 rings (SSSR count). The SMILES string of the molecule is COCC(COC)NC(=O)C1=CC=C2C1=CC1=CC12. The second kappa shape index (κ2) is 4.79. The minimum atomic E-state index is -0.122. The van der Waals surface area contributed by atoms with Crippen LogP contribution in [0.25, 0.3) is 0 Å². The first kappa shape index (κ1) is 12.4. The van der Waals surface area contributed by atoms with Gasteiger partial charge in [0.2, 0.25) is 0 Å². The molecule has 0 aliphatic heterocycles. The number of amides is 1. The summed E-state index contributed by atoms with van der Waals surface area (Å²) in [6.07, 6.45) is 8.26. The molecule has 0 radical (unpaired) electrons. The minimum Gasteiger partial charge on any atom is -0.382 e. The van der Waals surface area contributed by atoms with Crippen LogP contribution in [-0.4, -0.2) is 39.4 Å². The Balaban J connectivity index is 1.65. The van der Waals surface area contributed by atoms with Crippen molar-refractivity contribution in [3.05, 3.63) is 46.6 Å². The molecule has 0 bridgehead atoms. The zero-order valence-electron chi connectivity index (χ0n) is 11.1. The normalized spacial score (nSPS) is 22.4. The average molecular weight is 259 g/mol. The number of carbonyl (C=O) groups is 1. The smallest absolute Gasteiger partial charge is 0.252 e. The number of carbonyl (C=O) groups excluding carboxylic acids is 1. The van der Waals surface area contributed by atoms with E-state index in [1.54, 1.807) is 14.2 Å². The lowest BCUT2D eigenvalue weighted by molar-refractivity contribution is -0.118. The van der Waals surface area contributed by atoms with E-state index in [4.69, 9.17) is 9.47 Å². The molecule has 0 heterocycles. The highest BCUT2D eigenvalue weighted by atomic mass is 16.5. The average Bonchev–Trinajstić information content (AvgIpc) is 2.86. The number of fused-ring (bicyclic) bond motifs is 3. The molecule has 1 N–H and O–H groups in total. The number of methoxy groups -OCH3 is 2. The number of nitrogens with one attached hydrogen (secondary N) is 1. The van der Waals surface area contributed by atoms with E-state index in [1.165, 1.54) is 11.1 Å². The quantitative estimate of drug-likeness (QED) is 0.777. The van der Waals surface area contributed by atoms with Gasteiger partial charge in [-0.05, 0) is 28.9 Å². The van der Waals surface area contributed by atoms with Crippen LogP contribution in [0.3, 0.4) is 0 Å². The lowest BCUT2D eigenvalue weighted by Gasteiger charge is -2.18. The van der Waals surface area contributed by atoms with Crippen molar-refractivity contribution in [2.75, 3.05) is 27.4 Å². The summed E-state index contributed by atoms with van der Waals surface area (Å²) in [4.78, 5) is 12.3. The summed E-state index contributed by atoms with van der Waals surface area (Å²) in [6, 6.07) is -0.122. The lowest BCUT2D eigenvalue weighted by Crippen LogP contribution is -2.41. The molecular weight excluding hydrogens is 242 g/mol. The van der Waals surface area contributed by atoms with Crippen molar-refractivity contribution >= 4 is 5.91 Å². The predicted octanol–water partition coefficient (Wildman–Crippen LogP) is 1.13. The van der Waals surface area contributed by atoms with Crippen molar-refractivity contribution in [2.24, 2.45) is 5.92 Å². The van der Waals surface area contributed by atoms with Gasteiger partial charge in [0.05, 0.1) is 19.3 Å². The van der Waals surface area contributed by atoms with Crippen molar-refractivity contribution in [3.8, 4) is 0 Å². The van der Waals surface area contributed by atoms with Crippen LogP contribution >= 0.6 is 0 Å². The number of ether oxygens (including phenoxy) is 2. The topological polar surface area (TPSA) is 47.6 Å². The molecule has 3 aliphatic rings. The molecule has 4 nitrogen and oxygen atoms in total. The summed E-state index contributed by atoms with van der Waals surface area (Å²) in [6.45, 7) is 0.889. The van der Waals surface area contributed by atoms with Crippen molar-refractivity contribution in [1.82, 2.24) is 5.32 Å². The first-order valence-corrected chi connectivity index (χ1v) is 6.39. The molecule has 0 aromatic carbocycles. The van der Waals surface area contributed by atoms with Crippen molar-refractivity contribution in [3.63, 3.8) is 0 Å². The molecule has 1 atom stereocenters. The Bertz CT molecular complexity index is 534. The van der Waals surface area contributed by atoms with Crippen LogP contribution in [0, 0.1) is 5.92 Å². The van der Waals surface area contributed by atoms with Gasteiger partial charge in [0, 0.05) is 25.7 Å². The second-order valence-corrected chi connectivity index (χ2v) is 4.99. The number of hydrogen-bond acceptors (Lipinski definition) is 3. The zero-order valence-corrected chi connectivity index (χ0v) is 11.1. The predicted molar refractivity (Wildman–Crippen MR) is 71.5 cm³/mol. The molecular formula is C15H17NO3. The molecule has 19 heavy (non-hydrogen) atoms. The Morgan fingerprint density at radius 2 is 2.05 bits per heavy atom. The Morgan fingerprint density at radius 3 is 2.74 bits per heavy atom. The molecule has 1 unspecified atom stereocenters. The van der Waals surface area contributed by atoms with Crippen LogP contribution in [0.15, 0.2) is 46.6 Å². The van der Waals surface area contributed by atoms with E-state index in [9.17, 15) is 4.79 Å². The van der Waals surface area contributed by atoms with Gasteiger partial charge in [-0.3, -0.25) is 4.79 Å². The fourth-order valence-corrected chi connectivity index (χ4v) is 2.65. The van der Waals surface area contributed by atoms with Crippen molar-refractivity contribution in [2.45, 2.75) is 6.04 Å². The summed E-state index contributed by atoms with van der Waals surface area (Å²) in [5.74, 6) is 0.420. The fraction of sp³-hybridized carbons (Fsp3) is 0.400. The van der Waals surface area contributed by atoms with E-state index in [0.717, 1.165) is 11.1 Å². The minimum absolute atomic E-state index is 0.0569. The zero-order chi connectivity index (χ0) is 13.4. The highest BCUT2D eigenvalue weighted by molar-refractivity contribution is 6.02. The number of hydrogen-bond donors (Lipinski definition) is 1. The molecule has 0 aromatic rings. The van der Waals surface area contributed by atoms with Crippen LogP contribution < -0.4 is 5.32 Å². The largest absolute Gasteiger partial charge is 0.382 e. The molecule has 1 amide bonds. The summed E-state index contributed by atoms with van der Waals surface area (Å²) in [7, 11) is 3.23. The molecule has 0 spiro atoms. The van der Waals surface area contributed by atoms with E-state index in [1.807, 2.05) is 12.2 Å². The third-order valence-electron chi connectivity index (χ3n) is 3.60. The van der Waals surface area contributed by atoms with Crippen LogP contribution in [0.5, 0.6) is 0 Å². The Kier molecular flexibility index (Phi) is 3.12. The first-order valence-electron chi connectivity index (χ1n) is 6.39. The summed E-state index contributed by atoms with van der Waals surface area (Å²) < 4.78 is 10.2. The molecule has 0 aromatic heterocycles. The first-order chi connectivity index (χ1) is 9.24. The number of allylic oxidation sites excluding steroid dienone is 6. The van der Waals surface area contributed by atoms with Crippen LogP contribution in [-0.2, 0) is 14.3 Å². The monoisotopic (exact) mass is 259 g/mol. The van der Waals surface area contributed by atoms with Gasteiger partial charge in [-0.2, -0.15) is 0 Å². The lowest BCUT2D eigenvalue weighted by atomic mass is 10.0. The van der Waals surface area contributed by atoms with Crippen LogP contribution in [0.2, 0.25) is 0 Å². The molecule has 0 saturated carbocycles. The van der Waals surface area contributed by atoms with E-state index in [-0.39, 0.29) is 11.9 Å². The Labute approximate surface area is 112 Å². The summed E-state index contributed by atoms with van der Waals surface area (Å²) >= 11 is 0. The van der Waals surface area contributed by atoms with Crippen LogP contribution in [0.1, 0.15) is 0 Å². The highest BCUT2D eigenvalue weighted by Crippen LogP contribution is 2.51. The standard InChI is InChI=1S/C15H17NO3/c1-18-7-10(8-19-2)16-15(17)12-4-3-11-13-5-9(13)6-14(11)12/h3-6,10,13H,7-8H2,1-2H3,(H,16,17). The fourth-order valence-electron chi connectivity index (χ4n) is 2.65. The molecule has 0 fully saturated rings. The third-order valence-corrected chi connectivity index (χ3v) is 3.60.